The summed E-state index contributed by atoms with van der Waals surface area (Å²) in [5.41, 5.74) is 0. The van der Waals surface area contributed by atoms with Crippen LogP contribution in [-0.4, -0.2) is 51.6 Å². The van der Waals surface area contributed by atoms with Crippen molar-refractivity contribution in [1.29, 1.82) is 0 Å². The molecule has 9 nitrogen and oxygen atoms in total. The average Bonchev–Trinajstić information content (AvgIpc) is 2.77. The van der Waals surface area contributed by atoms with Gasteiger partial charge in [0, 0.05) is 20.7 Å². The van der Waals surface area contributed by atoms with Crippen molar-refractivity contribution in [2.24, 2.45) is 7.05 Å². The summed E-state index contributed by atoms with van der Waals surface area (Å²) >= 11 is 0. The summed E-state index contributed by atoms with van der Waals surface area (Å²) in [6, 6.07) is -0.431. The Hall–Kier alpha value is -2.16. The smallest absolute Gasteiger partial charge is 0.315 e. The number of nitrogens with zero attached hydrogens (tertiary/aromatic N) is 3. The second-order valence-corrected chi connectivity index (χ2v) is 3.85. The average molecular weight is 271 g/mol. The molecule has 0 bridgehead atoms. The first-order chi connectivity index (χ1) is 9.01. The minimum atomic E-state index is -0.980. The largest absolute Gasteiger partial charge is 0.481 e. The van der Waals surface area contributed by atoms with E-state index in [1.807, 2.05) is 0 Å². The number of hydrogen-bond acceptors (Lipinski definition) is 5. The molecule has 1 unspecified atom stereocenters. The maximum atomic E-state index is 11.4. The van der Waals surface area contributed by atoms with Crippen LogP contribution in [0.1, 0.15) is 12.2 Å². The van der Waals surface area contributed by atoms with Gasteiger partial charge in [0.1, 0.15) is 6.33 Å². The summed E-state index contributed by atoms with van der Waals surface area (Å²) in [6.45, 7) is 0.313. The first-order valence-electron chi connectivity index (χ1n) is 5.62. The molecule has 1 atom stereocenters. The lowest BCUT2D eigenvalue weighted by Crippen LogP contribution is -2.40. The molecule has 1 aromatic rings. The van der Waals surface area contributed by atoms with E-state index in [0.717, 1.165) is 0 Å². The zero-order valence-electron chi connectivity index (χ0n) is 10.8. The highest BCUT2D eigenvalue weighted by Gasteiger charge is 2.13. The van der Waals surface area contributed by atoms with E-state index >= 15 is 0 Å². The number of hydrogen-bond donors (Lipinski definition) is 3. The number of methoxy groups -OCH3 is 1. The molecule has 9 heteroatoms. The molecule has 19 heavy (non-hydrogen) atoms. The standard InChI is InChI=1S/C10H17N5O4/c1-15-6-13-8(14-15)5-12-10(18)11-4-7(19-2)3-9(16)17/h6-7H,3-5H2,1-2H3,(H,16,17)(H2,11,12,18). The summed E-state index contributed by atoms with van der Waals surface area (Å²) in [5, 5.41) is 17.7. The molecular weight excluding hydrogens is 254 g/mol. The van der Waals surface area contributed by atoms with E-state index in [1.165, 1.54) is 18.1 Å². The fourth-order valence-corrected chi connectivity index (χ4v) is 1.33. The predicted octanol–water partition coefficient (Wildman–Crippen LogP) is -0.896. The second-order valence-electron chi connectivity index (χ2n) is 3.85. The number of carboxylic acid groups (broad SMARTS) is 1. The zero-order valence-corrected chi connectivity index (χ0v) is 10.8. The van der Waals surface area contributed by atoms with Crippen molar-refractivity contribution in [3.8, 4) is 0 Å². The van der Waals surface area contributed by atoms with Crippen molar-refractivity contribution in [3.63, 3.8) is 0 Å². The number of rotatable bonds is 7. The van der Waals surface area contributed by atoms with Gasteiger partial charge in [0.2, 0.25) is 0 Å². The van der Waals surface area contributed by atoms with Crippen LogP contribution >= 0.6 is 0 Å². The van der Waals surface area contributed by atoms with Gasteiger partial charge >= 0.3 is 12.0 Å². The van der Waals surface area contributed by atoms with Crippen molar-refractivity contribution in [3.05, 3.63) is 12.2 Å². The van der Waals surface area contributed by atoms with Crippen LogP contribution in [-0.2, 0) is 23.1 Å². The molecule has 0 fully saturated rings. The van der Waals surface area contributed by atoms with Crippen LogP contribution in [0.15, 0.2) is 6.33 Å². The number of urea groups is 1. The van der Waals surface area contributed by atoms with Crippen LogP contribution < -0.4 is 10.6 Å². The summed E-state index contributed by atoms with van der Waals surface area (Å²) < 4.78 is 6.46. The summed E-state index contributed by atoms with van der Waals surface area (Å²) in [5.74, 6) is -0.488. The molecule has 106 valence electrons. The van der Waals surface area contributed by atoms with Crippen molar-refractivity contribution in [2.75, 3.05) is 13.7 Å². The van der Waals surface area contributed by atoms with Gasteiger partial charge in [-0.15, -0.1) is 0 Å². The Morgan fingerprint density at radius 1 is 1.53 bits per heavy atom. The van der Waals surface area contributed by atoms with Crippen molar-refractivity contribution in [2.45, 2.75) is 19.1 Å². The predicted molar refractivity (Wildman–Crippen MR) is 64.3 cm³/mol. The fraction of sp³-hybridized carbons (Fsp3) is 0.600. The van der Waals surface area contributed by atoms with E-state index < -0.39 is 18.1 Å². The van der Waals surface area contributed by atoms with Crippen LogP contribution in [0.25, 0.3) is 0 Å². The fourth-order valence-electron chi connectivity index (χ4n) is 1.33. The molecule has 0 aliphatic heterocycles. The van der Waals surface area contributed by atoms with Gasteiger partial charge in [-0.2, -0.15) is 5.10 Å². The summed E-state index contributed by atoms with van der Waals surface area (Å²) in [4.78, 5) is 25.9. The Bertz CT molecular complexity index is 433. The number of ether oxygens (including phenoxy) is 1. The van der Waals surface area contributed by atoms with Gasteiger partial charge < -0.3 is 20.5 Å². The maximum Gasteiger partial charge on any atom is 0.315 e. The number of aromatic nitrogens is 3. The van der Waals surface area contributed by atoms with Gasteiger partial charge in [-0.3, -0.25) is 9.48 Å². The molecular formula is C10H17N5O4. The lowest BCUT2D eigenvalue weighted by molar-refractivity contribution is -0.139. The molecule has 2 amide bonds. The molecule has 0 radical (unpaired) electrons. The molecule has 1 rings (SSSR count). The molecule has 0 saturated carbocycles. The van der Waals surface area contributed by atoms with Crippen LogP contribution in [0.4, 0.5) is 4.79 Å². The monoisotopic (exact) mass is 271 g/mol. The number of carboxylic acids is 1. The molecule has 0 spiro atoms. The van der Waals surface area contributed by atoms with Gasteiger partial charge in [-0.05, 0) is 0 Å². The van der Waals surface area contributed by atoms with Crippen LogP contribution in [0.5, 0.6) is 0 Å². The normalized spacial score (nSPS) is 11.9. The van der Waals surface area contributed by atoms with Crippen molar-refractivity contribution < 1.29 is 19.4 Å². The van der Waals surface area contributed by atoms with Crippen LogP contribution in [0.3, 0.4) is 0 Å². The van der Waals surface area contributed by atoms with E-state index in [9.17, 15) is 9.59 Å². The quantitative estimate of drug-likeness (QED) is 0.591. The van der Waals surface area contributed by atoms with E-state index in [4.69, 9.17) is 9.84 Å². The van der Waals surface area contributed by atoms with E-state index in [-0.39, 0.29) is 19.5 Å². The van der Waals surface area contributed by atoms with E-state index in [0.29, 0.717) is 5.82 Å². The highest BCUT2D eigenvalue weighted by Crippen LogP contribution is 1.95. The van der Waals surface area contributed by atoms with Gasteiger partial charge in [0.15, 0.2) is 5.82 Å². The number of aliphatic carboxylic acids is 1. The first kappa shape index (κ1) is 14.9. The first-order valence-corrected chi connectivity index (χ1v) is 5.62. The van der Waals surface area contributed by atoms with Gasteiger partial charge in [0.25, 0.3) is 0 Å². The second kappa shape index (κ2) is 7.31. The maximum absolute atomic E-state index is 11.4. The van der Waals surface area contributed by atoms with Crippen molar-refractivity contribution >= 4 is 12.0 Å². The number of carbonyl (C=O) groups excluding carboxylic acids is 1. The molecule has 3 N–H and O–H groups in total. The lowest BCUT2D eigenvalue weighted by Gasteiger charge is -2.14. The number of aryl methyl sites for hydroxylation is 1. The van der Waals surface area contributed by atoms with Crippen LogP contribution in [0, 0.1) is 0 Å². The summed E-state index contributed by atoms with van der Waals surface area (Å²) in [6.07, 6.45) is 0.803. The van der Waals surface area contributed by atoms with E-state index in [1.54, 1.807) is 7.05 Å². The molecule has 0 aliphatic rings. The third kappa shape index (κ3) is 5.82. The highest BCUT2D eigenvalue weighted by atomic mass is 16.5. The third-order valence-electron chi connectivity index (χ3n) is 2.28. The lowest BCUT2D eigenvalue weighted by atomic mass is 10.2. The molecule has 0 aliphatic carbocycles. The van der Waals surface area contributed by atoms with Crippen molar-refractivity contribution in [1.82, 2.24) is 25.4 Å². The Morgan fingerprint density at radius 3 is 2.79 bits per heavy atom. The Morgan fingerprint density at radius 2 is 2.26 bits per heavy atom. The molecule has 1 heterocycles. The number of carbonyl (C=O) groups is 2. The molecule has 1 aromatic heterocycles. The van der Waals surface area contributed by atoms with E-state index in [2.05, 4.69) is 20.7 Å². The van der Waals surface area contributed by atoms with Gasteiger partial charge in [-0.1, -0.05) is 0 Å². The Kier molecular flexibility index (Phi) is 5.73. The molecule has 0 aromatic carbocycles. The SMILES string of the molecule is COC(CNC(=O)NCc1ncn(C)n1)CC(=O)O. The Balaban J connectivity index is 2.25. The topological polar surface area (TPSA) is 118 Å². The molecule has 0 saturated heterocycles. The highest BCUT2D eigenvalue weighted by molar-refractivity contribution is 5.74. The number of amides is 2. The van der Waals surface area contributed by atoms with Gasteiger partial charge in [-0.25, -0.2) is 9.78 Å². The zero-order chi connectivity index (χ0) is 14.3. The summed E-state index contributed by atoms with van der Waals surface area (Å²) in [7, 11) is 3.12. The Labute approximate surface area is 110 Å². The van der Waals surface area contributed by atoms with Gasteiger partial charge in [0.05, 0.1) is 19.1 Å². The third-order valence-corrected chi connectivity index (χ3v) is 2.28. The minimum absolute atomic E-state index is 0.115. The number of nitrogens with one attached hydrogen (secondary N) is 2. The van der Waals surface area contributed by atoms with Crippen LogP contribution in [0.2, 0.25) is 0 Å². The minimum Gasteiger partial charge on any atom is -0.481 e.